The van der Waals surface area contributed by atoms with E-state index in [1.807, 2.05) is 55.5 Å². The smallest absolute Gasteiger partial charge is 0.220 e. The number of amides is 1. The summed E-state index contributed by atoms with van der Waals surface area (Å²) in [6, 6.07) is 15.3. The van der Waals surface area contributed by atoms with E-state index >= 15 is 0 Å². The van der Waals surface area contributed by atoms with Gasteiger partial charge in [0.2, 0.25) is 5.91 Å². The van der Waals surface area contributed by atoms with Crippen LogP contribution in [-0.4, -0.2) is 29.1 Å². The van der Waals surface area contributed by atoms with Crippen molar-refractivity contribution in [2.24, 2.45) is 5.92 Å². The molecule has 3 aromatic rings. The molecule has 0 radical (unpaired) electrons. The molecule has 0 aliphatic carbocycles. The molecule has 2 aromatic carbocycles. The number of nitrogens with zero attached hydrogens (tertiary/aromatic N) is 1. The molecule has 1 amide bonds. The Labute approximate surface area is 171 Å². The second-order valence-corrected chi connectivity index (χ2v) is 7.26. The minimum atomic E-state index is -0.158. The third-order valence-electron chi connectivity index (χ3n) is 4.64. The Morgan fingerprint density at radius 1 is 1.07 bits per heavy atom. The van der Waals surface area contributed by atoms with Crippen molar-refractivity contribution in [3.05, 3.63) is 54.4 Å². The molecular formula is C23H29N3O3. The van der Waals surface area contributed by atoms with Crippen molar-refractivity contribution in [1.82, 2.24) is 15.3 Å². The number of fused-ring (bicyclic) bond motifs is 1. The molecule has 0 aliphatic rings. The van der Waals surface area contributed by atoms with Crippen LogP contribution in [0, 0.1) is 5.92 Å². The first-order chi connectivity index (χ1) is 14.1. The number of aromatic amines is 1. The monoisotopic (exact) mass is 395 g/mol. The summed E-state index contributed by atoms with van der Waals surface area (Å²) in [7, 11) is 0. The van der Waals surface area contributed by atoms with Crippen LogP contribution in [0.25, 0.3) is 11.0 Å². The van der Waals surface area contributed by atoms with E-state index in [4.69, 9.17) is 9.47 Å². The number of nitrogens with one attached hydrogen (secondary N) is 2. The highest BCUT2D eigenvalue weighted by Gasteiger charge is 2.21. The average molecular weight is 396 g/mol. The van der Waals surface area contributed by atoms with Crippen LogP contribution < -0.4 is 14.8 Å². The fourth-order valence-electron chi connectivity index (χ4n) is 3.18. The Morgan fingerprint density at radius 3 is 2.45 bits per heavy atom. The Balaban J connectivity index is 1.52. The lowest BCUT2D eigenvalue weighted by atomic mass is 10.0. The lowest BCUT2D eigenvalue weighted by Crippen LogP contribution is -2.32. The molecule has 29 heavy (non-hydrogen) atoms. The van der Waals surface area contributed by atoms with Gasteiger partial charge in [0.1, 0.15) is 5.82 Å². The van der Waals surface area contributed by atoms with Crippen molar-refractivity contribution < 1.29 is 14.3 Å². The van der Waals surface area contributed by atoms with Crippen molar-refractivity contribution in [3.63, 3.8) is 0 Å². The number of para-hydroxylation sites is 4. The van der Waals surface area contributed by atoms with E-state index in [9.17, 15) is 4.79 Å². The maximum Gasteiger partial charge on any atom is 0.220 e. The number of ether oxygens (including phenoxy) is 2. The van der Waals surface area contributed by atoms with Gasteiger partial charge in [0.25, 0.3) is 0 Å². The molecule has 154 valence electrons. The van der Waals surface area contributed by atoms with Crippen LogP contribution in [0.2, 0.25) is 0 Å². The quantitative estimate of drug-likeness (QED) is 0.491. The lowest BCUT2D eigenvalue weighted by molar-refractivity contribution is -0.122. The largest absolute Gasteiger partial charge is 0.490 e. The number of carbonyl (C=O) groups is 1. The Bertz CT molecular complexity index is 903. The molecule has 1 aromatic heterocycles. The van der Waals surface area contributed by atoms with Gasteiger partial charge in [0, 0.05) is 6.42 Å². The SMILES string of the molecule is CCOc1ccccc1OCCCC(=O)NC(c1nc2ccccc2[nH]1)C(C)C. The van der Waals surface area contributed by atoms with Crippen molar-refractivity contribution in [3.8, 4) is 11.5 Å². The van der Waals surface area contributed by atoms with E-state index in [0.717, 1.165) is 22.6 Å². The van der Waals surface area contributed by atoms with E-state index in [1.54, 1.807) is 0 Å². The molecule has 1 atom stereocenters. The number of aromatic nitrogens is 2. The number of benzene rings is 2. The van der Waals surface area contributed by atoms with Crippen LogP contribution >= 0.6 is 0 Å². The summed E-state index contributed by atoms with van der Waals surface area (Å²) in [6.45, 7) is 7.13. The van der Waals surface area contributed by atoms with Crippen molar-refractivity contribution in [2.75, 3.05) is 13.2 Å². The fraction of sp³-hybridized carbons (Fsp3) is 0.391. The van der Waals surface area contributed by atoms with Crippen LogP contribution in [0.5, 0.6) is 11.5 Å². The normalized spacial score (nSPS) is 12.1. The first-order valence-corrected chi connectivity index (χ1v) is 10.2. The second-order valence-electron chi connectivity index (χ2n) is 7.26. The van der Waals surface area contributed by atoms with Gasteiger partial charge in [-0.2, -0.15) is 0 Å². The zero-order valence-electron chi connectivity index (χ0n) is 17.3. The molecule has 2 N–H and O–H groups in total. The number of hydrogen-bond acceptors (Lipinski definition) is 4. The summed E-state index contributed by atoms with van der Waals surface area (Å²) in [6.07, 6.45) is 1.01. The highest BCUT2D eigenvalue weighted by molar-refractivity contribution is 5.77. The number of imidazole rings is 1. The zero-order chi connectivity index (χ0) is 20.6. The molecule has 6 heteroatoms. The van der Waals surface area contributed by atoms with Gasteiger partial charge in [-0.05, 0) is 43.5 Å². The Morgan fingerprint density at radius 2 is 1.76 bits per heavy atom. The molecular weight excluding hydrogens is 366 g/mol. The summed E-state index contributed by atoms with van der Waals surface area (Å²) in [5.74, 6) is 2.43. The summed E-state index contributed by atoms with van der Waals surface area (Å²) < 4.78 is 11.3. The topological polar surface area (TPSA) is 76.2 Å². The summed E-state index contributed by atoms with van der Waals surface area (Å²) >= 11 is 0. The first kappa shape index (κ1) is 20.7. The predicted octanol–water partition coefficient (Wildman–Crippen LogP) is 4.63. The lowest BCUT2D eigenvalue weighted by Gasteiger charge is -2.20. The first-order valence-electron chi connectivity index (χ1n) is 10.2. The number of rotatable bonds is 10. The number of hydrogen-bond donors (Lipinski definition) is 2. The fourth-order valence-corrected chi connectivity index (χ4v) is 3.18. The molecule has 0 spiro atoms. The third kappa shape index (κ3) is 5.50. The van der Waals surface area contributed by atoms with Gasteiger partial charge in [-0.3, -0.25) is 4.79 Å². The van der Waals surface area contributed by atoms with Crippen LogP contribution in [0.3, 0.4) is 0 Å². The molecule has 0 fully saturated rings. The molecule has 0 aliphatic heterocycles. The van der Waals surface area contributed by atoms with Crippen LogP contribution in [0.1, 0.15) is 45.5 Å². The summed E-state index contributed by atoms with van der Waals surface area (Å²) in [5, 5.41) is 3.11. The average Bonchev–Trinajstić information content (AvgIpc) is 3.14. The summed E-state index contributed by atoms with van der Waals surface area (Å²) in [4.78, 5) is 20.5. The highest BCUT2D eigenvalue weighted by Crippen LogP contribution is 2.26. The molecule has 0 saturated carbocycles. The third-order valence-corrected chi connectivity index (χ3v) is 4.64. The predicted molar refractivity (Wildman–Crippen MR) is 114 cm³/mol. The van der Waals surface area contributed by atoms with E-state index < -0.39 is 0 Å². The van der Waals surface area contributed by atoms with Crippen molar-refractivity contribution in [1.29, 1.82) is 0 Å². The van der Waals surface area contributed by atoms with Gasteiger partial charge in [-0.1, -0.05) is 38.1 Å². The molecule has 1 heterocycles. The van der Waals surface area contributed by atoms with Gasteiger partial charge in [0.05, 0.1) is 30.3 Å². The number of carbonyl (C=O) groups excluding carboxylic acids is 1. The minimum absolute atomic E-state index is 0.00847. The molecule has 0 saturated heterocycles. The minimum Gasteiger partial charge on any atom is -0.490 e. The molecule has 6 nitrogen and oxygen atoms in total. The highest BCUT2D eigenvalue weighted by atomic mass is 16.5. The Hall–Kier alpha value is -3.02. The molecule has 3 rings (SSSR count). The van der Waals surface area contributed by atoms with Crippen LogP contribution in [0.15, 0.2) is 48.5 Å². The van der Waals surface area contributed by atoms with E-state index in [1.165, 1.54) is 0 Å². The molecule has 1 unspecified atom stereocenters. The zero-order valence-corrected chi connectivity index (χ0v) is 17.3. The van der Waals surface area contributed by atoms with E-state index in [-0.39, 0.29) is 17.9 Å². The van der Waals surface area contributed by atoms with E-state index in [0.29, 0.717) is 31.8 Å². The van der Waals surface area contributed by atoms with Gasteiger partial charge >= 0.3 is 0 Å². The van der Waals surface area contributed by atoms with Crippen molar-refractivity contribution in [2.45, 2.75) is 39.7 Å². The Kier molecular flexibility index (Phi) is 7.11. The van der Waals surface area contributed by atoms with Gasteiger partial charge in [-0.25, -0.2) is 4.98 Å². The second kappa shape index (κ2) is 9.96. The maximum absolute atomic E-state index is 12.5. The standard InChI is InChI=1S/C23H29N3O3/c1-4-28-19-12-7-8-13-20(19)29-15-9-14-21(27)26-22(16(2)3)23-24-17-10-5-6-11-18(17)25-23/h5-8,10-13,16,22H,4,9,14-15H2,1-3H3,(H,24,25)(H,26,27). The van der Waals surface area contributed by atoms with Gasteiger partial charge in [-0.15, -0.1) is 0 Å². The van der Waals surface area contributed by atoms with Gasteiger partial charge in [0.15, 0.2) is 11.5 Å². The molecule has 0 bridgehead atoms. The summed E-state index contributed by atoms with van der Waals surface area (Å²) in [5.41, 5.74) is 1.88. The maximum atomic E-state index is 12.5. The van der Waals surface area contributed by atoms with Crippen LogP contribution in [-0.2, 0) is 4.79 Å². The van der Waals surface area contributed by atoms with Crippen LogP contribution in [0.4, 0.5) is 0 Å². The van der Waals surface area contributed by atoms with Gasteiger partial charge < -0.3 is 19.8 Å². The van der Waals surface area contributed by atoms with Crippen molar-refractivity contribution >= 4 is 16.9 Å². The van der Waals surface area contributed by atoms with E-state index in [2.05, 4.69) is 29.1 Å². The number of H-pyrrole nitrogens is 1.